The Kier molecular flexibility index (Phi) is 9.42. The van der Waals surface area contributed by atoms with Crippen molar-refractivity contribution in [3.8, 4) is 22.8 Å². The lowest BCUT2D eigenvalue weighted by Gasteiger charge is -2.16. The number of ether oxygens (including phenoxy) is 2. The molecular formula is C29H34FNO5. The third kappa shape index (κ3) is 7.04. The summed E-state index contributed by atoms with van der Waals surface area (Å²) < 4.78 is 26.3. The summed E-state index contributed by atoms with van der Waals surface area (Å²) in [6, 6.07) is 11.1. The molecule has 2 unspecified atom stereocenters. The van der Waals surface area contributed by atoms with Crippen LogP contribution in [0, 0.1) is 25.6 Å². The van der Waals surface area contributed by atoms with Crippen molar-refractivity contribution >= 4 is 6.47 Å². The van der Waals surface area contributed by atoms with Crippen LogP contribution in [-0.4, -0.2) is 34.4 Å². The first-order valence-corrected chi connectivity index (χ1v) is 12.1. The van der Waals surface area contributed by atoms with E-state index in [9.17, 15) is 9.50 Å². The van der Waals surface area contributed by atoms with Crippen LogP contribution in [-0.2, 0) is 24.2 Å². The molecule has 2 N–H and O–H groups in total. The van der Waals surface area contributed by atoms with Crippen LogP contribution in [0.1, 0.15) is 48.1 Å². The van der Waals surface area contributed by atoms with E-state index < -0.39 is 0 Å². The Balaban J connectivity index is 0.00000115. The Hall–Kier alpha value is -3.45. The maximum atomic E-state index is 14.6. The number of pyridine rings is 1. The first-order valence-electron chi connectivity index (χ1n) is 12.1. The van der Waals surface area contributed by atoms with E-state index in [0.29, 0.717) is 30.4 Å². The lowest BCUT2D eigenvalue weighted by atomic mass is 9.94. The number of nitrogens with zero attached hydrogens (tertiary/aromatic N) is 1. The average Bonchev–Trinajstić information content (AvgIpc) is 3.18. The summed E-state index contributed by atoms with van der Waals surface area (Å²) in [4.78, 5) is 12.8. The van der Waals surface area contributed by atoms with Crippen LogP contribution in [0.2, 0.25) is 0 Å². The van der Waals surface area contributed by atoms with Crippen molar-refractivity contribution in [1.29, 1.82) is 0 Å². The molecule has 3 aromatic rings. The molecule has 0 fully saturated rings. The van der Waals surface area contributed by atoms with Gasteiger partial charge in [0.25, 0.3) is 6.47 Å². The number of rotatable bonds is 8. The van der Waals surface area contributed by atoms with E-state index in [1.165, 1.54) is 17.2 Å². The first-order chi connectivity index (χ1) is 17.2. The van der Waals surface area contributed by atoms with Gasteiger partial charge in [-0.25, -0.2) is 9.37 Å². The second-order valence-electron chi connectivity index (χ2n) is 9.42. The van der Waals surface area contributed by atoms with Crippen molar-refractivity contribution < 1.29 is 28.9 Å². The molecule has 7 heteroatoms. The summed E-state index contributed by atoms with van der Waals surface area (Å²) in [5, 5.41) is 16.3. The number of halogens is 1. The highest BCUT2D eigenvalue weighted by molar-refractivity contribution is 5.72. The van der Waals surface area contributed by atoms with Crippen LogP contribution >= 0.6 is 0 Å². The van der Waals surface area contributed by atoms with Gasteiger partial charge >= 0.3 is 0 Å². The van der Waals surface area contributed by atoms with E-state index in [0.717, 1.165) is 40.8 Å². The van der Waals surface area contributed by atoms with Crippen molar-refractivity contribution in [3.05, 3.63) is 76.2 Å². The third-order valence-electron chi connectivity index (χ3n) is 6.22. The zero-order valence-electron chi connectivity index (χ0n) is 21.3. The highest BCUT2D eigenvalue weighted by atomic mass is 19.1. The third-order valence-corrected chi connectivity index (χ3v) is 6.22. The van der Waals surface area contributed by atoms with Gasteiger partial charge in [0.1, 0.15) is 18.2 Å². The number of aromatic nitrogens is 1. The normalized spacial score (nSPS) is 14.9. The molecule has 0 aliphatic heterocycles. The van der Waals surface area contributed by atoms with Gasteiger partial charge in [-0.05, 0) is 97.2 Å². The quantitative estimate of drug-likeness (QED) is 0.392. The molecular weight excluding hydrogens is 461 g/mol. The summed E-state index contributed by atoms with van der Waals surface area (Å²) >= 11 is 0. The molecule has 192 valence electrons. The van der Waals surface area contributed by atoms with Crippen LogP contribution in [0.25, 0.3) is 11.1 Å². The predicted octanol–water partition coefficient (Wildman–Crippen LogP) is 5.67. The number of hydrogen-bond acceptors (Lipinski definition) is 5. The Morgan fingerprint density at radius 3 is 2.44 bits per heavy atom. The zero-order valence-corrected chi connectivity index (χ0v) is 21.3. The van der Waals surface area contributed by atoms with Gasteiger partial charge in [-0.15, -0.1) is 0 Å². The molecule has 0 spiro atoms. The molecule has 2 aromatic carbocycles. The SMILES string of the molecule is Cc1cc(OCCC(C)O)cc(C)c1-c1ccc(F)c(COc2cc3c(cn2)CC(C)C3)c1.O=CO. The Bertz CT molecular complexity index is 1170. The van der Waals surface area contributed by atoms with Crippen LogP contribution < -0.4 is 9.47 Å². The number of hydrogen-bond donors (Lipinski definition) is 2. The van der Waals surface area contributed by atoms with E-state index in [-0.39, 0.29) is 25.0 Å². The zero-order chi connectivity index (χ0) is 26.2. The minimum Gasteiger partial charge on any atom is -0.493 e. The summed E-state index contributed by atoms with van der Waals surface area (Å²) in [6.07, 6.45) is 4.18. The second-order valence-corrected chi connectivity index (χ2v) is 9.42. The minimum atomic E-state index is -0.387. The van der Waals surface area contributed by atoms with E-state index in [1.54, 1.807) is 13.0 Å². The molecule has 1 heterocycles. The molecule has 1 aliphatic rings. The van der Waals surface area contributed by atoms with Gasteiger partial charge in [0.05, 0.1) is 12.7 Å². The number of carboxylic acid groups (broad SMARTS) is 1. The van der Waals surface area contributed by atoms with Gasteiger partial charge in [0, 0.05) is 24.2 Å². The van der Waals surface area contributed by atoms with Gasteiger partial charge in [0.2, 0.25) is 5.88 Å². The molecule has 1 aromatic heterocycles. The minimum absolute atomic E-state index is 0.125. The highest BCUT2D eigenvalue weighted by Crippen LogP contribution is 2.33. The maximum absolute atomic E-state index is 14.6. The lowest BCUT2D eigenvalue weighted by molar-refractivity contribution is -0.122. The monoisotopic (exact) mass is 495 g/mol. The van der Waals surface area contributed by atoms with Crippen LogP contribution in [0.5, 0.6) is 11.6 Å². The molecule has 0 bridgehead atoms. The first kappa shape index (κ1) is 27.1. The fraction of sp³-hybridized carbons (Fsp3) is 0.379. The van der Waals surface area contributed by atoms with Gasteiger partial charge in [-0.3, -0.25) is 4.79 Å². The van der Waals surface area contributed by atoms with E-state index >= 15 is 0 Å². The van der Waals surface area contributed by atoms with E-state index in [4.69, 9.17) is 19.4 Å². The van der Waals surface area contributed by atoms with E-state index in [2.05, 4.69) is 11.9 Å². The average molecular weight is 496 g/mol. The standard InChI is InChI=1S/C28H32FNO3.CH2O2/c1-17-9-22-14-27(30-15-23(22)10-17)33-16-24-13-21(5-6-26(24)29)28-18(2)11-25(12-19(28)3)32-8-7-20(4)31;2-1-3/h5-6,11-15,17,20,31H,7-10,16H2,1-4H3;1H,(H,2,3). The van der Waals surface area contributed by atoms with Gasteiger partial charge in [-0.1, -0.05) is 13.0 Å². The maximum Gasteiger partial charge on any atom is 0.290 e. The van der Waals surface area contributed by atoms with Gasteiger partial charge in [0.15, 0.2) is 0 Å². The Morgan fingerprint density at radius 1 is 1.11 bits per heavy atom. The summed E-state index contributed by atoms with van der Waals surface area (Å²) in [5.74, 6) is 1.66. The molecule has 36 heavy (non-hydrogen) atoms. The second kappa shape index (κ2) is 12.5. The fourth-order valence-corrected chi connectivity index (χ4v) is 4.58. The number of fused-ring (bicyclic) bond motifs is 1. The number of aliphatic hydroxyl groups is 1. The summed E-state index contributed by atoms with van der Waals surface area (Å²) in [5.41, 5.74) is 7.17. The molecule has 4 rings (SSSR count). The van der Waals surface area contributed by atoms with E-state index in [1.807, 2.05) is 44.3 Å². The van der Waals surface area contributed by atoms with Crippen LogP contribution in [0.15, 0.2) is 42.6 Å². The molecule has 0 radical (unpaired) electrons. The highest BCUT2D eigenvalue weighted by Gasteiger charge is 2.19. The number of carbonyl (C=O) groups is 1. The summed E-state index contributed by atoms with van der Waals surface area (Å²) in [7, 11) is 0. The molecule has 6 nitrogen and oxygen atoms in total. The largest absolute Gasteiger partial charge is 0.493 e. The van der Waals surface area contributed by atoms with Crippen molar-refractivity contribution in [1.82, 2.24) is 4.98 Å². The predicted molar refractivity (Wildman–Crippen MR) is 137 cm³/mol. The molecule has 0 saturated heterocycles. The number of benzene rings is 2. The van der Waals surface area contributed by atoms with Crippen molar-refractivity contribution in [2.45, 2.75) is 59.7 Å². The van der Waals surface area contributed by atoms with Crippen LogP contribution in [0.4, 0.5) is 4.39 Å². The molecule has 2 atom stereocenters. The smallest absolute Gasteiger partial charge is 0.290 e. The van der Waals surface area contributed by atoms with Crippen molar-refractivity contribution in [2.75, 3.05) is 6.61 Å². The molecule has 0 saturated carbocycles. The summed E-state index contributed by atoms with van der Waals surface area (Å²) in [6.45, 7) is 8.38. The topological polar surface area (TPSA) is 88.9 Å². The van der Waals surface area contributed by atoms with Crippen molar-refractivity contribution in [2.24, 2.45) is 5.92 Å². The number of aliphatic hydroxyl groups excluding tert-OH is 1. The Labute approximate surface area is 211 Å². The van der Waals surface area contributed by atoms with Crippen LogP contribution in [0.3, 0.4) is 0 Å². The Morgan fingerprint density at radius 2 is 1.78 bits per heavy atom. The molecule has 1 aliphatic carbocycles. The van der Waals surface area contributed by atoms with Crippen molar-refractivity contribution in [3.63, 3.8) is 0 Å². The van der Waals surface area contributed by atoms with Gasteiger partial charge < -0.3 is 19.7 Å². The lowest BCUT2D eigenvalue weighted by Crippen LogP contribution is -2.07. The molecule has 0 amide bonds. The fourth-order valence-electron chi connectivity index (χ4n) is 4.58. The number of aryl methyl sites for hydroxylation is 2. The van der Waals surface area contributed by atoms with Gasteiger partial charge in [-0.2, -0.15) is 0 Å².